The molecule has 35 heavy (non-hydrogen) atoms. The van der Waals surface area contributed by atoms with E-state index in [1.54, 1.807) is 21.3 Å². The van der Waals surface area contributed by atoms with Crippen LogP contribution in [0.2, 0.25) is 0 Å². The van der Waals surface area contributed by atoms with Gasteiger partial charge in [-0.15, -0.1) is 11.3 Å². The lowest BCUT2D eigenvalue weighted by atomic mass is 9.82. The van der Waals surface area contributed by atoms with Gasteiger partial charge in [-0.05, 0) is 76.2 Å². The van der Waals surface area contributed by atoms with Crippen LogP contribution < -0.4 is 10.4 Å². The molecule has 0 unspecified atom stereocenters. The van der Waals surface area contributed by atoms with Crippen LogP contribution in [0.1, 0.15) is 27.7 Å². The third-order valence-corrected chi connectivity index (χ3v) is 7.90. The summed E-state index contributed by atoms with van der Waals surface area (Å²) in [5.41, 5.74) is 2.55. The zero-order valence-corrected chi connectivity index (χ0v) is 21.3. The second-order valence-electron chi connectivity index (χ2n) is 9.85. The van der Waals surface area contributed by atoms with Gasteiger partial charge in [-0.2, -0.15) is 0 Å². The average molecular weight is 478 g/mol. The number of benzene rings is 4. The molecule has 175 valence electrons. The lowest BCUT2D eigenvalue weighted by Crippen LogP contribution is -2.49. The van der Waals surface area contributed by atoms with E-state index in [1.807, 2.05) is 43.4 Å². The molecule has 1 aromatic heterocycles. The Morgan fingerprint density at radius 1 is 0.686 bits per heavy atom. The van der Waals surface area contributed by atoms with Gasteiger partial charge in [0.25, 0.3) is 0 Å². The molecule has 3 nitrogen and oxygen atoms in total. The van der Waals surface area contributed by atoms with E-state index in [4.69, 9.17) is 4.65 Å². The molecule has 0 aliphatic rings. The average Bonchev–Trinajstić information content (AvgIpc) is 3.22. The molecule has 5 rings (SSSR count). The molecule has 0 saturated carbocycles. The Bertz CT molecular complexity index is 1450. The lowest BCUT2D eigenvalue weighted by molar-refractivity contribution is -0.0893. The van der Waals surface area contributed by atoms with Gasteiger partial charge in [0.1, 0.15) is 0 Å². The van der Waals surface area contributed by atoms with Gasteiger partial charge >= 0.3 is 7.48 Å². The molecule has 0 fully saturated rings. The molecule has 0 aliphatic carbocycles. The second-order valence-corrected chi connectivity index (χ2v) is 10.9. The van der Waals surface area contributed by atoms with Crippen LogP contribution in [0.25, 0.3) is 20.2 Å². The van der Waals surface area contributed by atoms with E-state index >= 15 is 0 Å². The molecule has 5 heteroatoms. The largest absolute Gasteiger partial charge is 0.427 e. The van der Waals surface area contributed by atoms with E-state index in [0.29, 0.717) is 0 Å². The van der Waals surface area contributed by atoms with Gasteiger partial charge in [0.15, 0.2) is 0 Å². The number of anilines is 3. The van der Waals surface area contributed by atoms with Gasteiger partial charge in [-0.1, -0.05) is 54.0 Å². The van der Waals surface area contributed by atoms with Crippen LogP contribution in [-0.2, 0) is 4.65 Å². The summed E-state index contributed by atoms with van der Waals surface area (Å²) in [7, 11) is 1.72. The van der Waals surface area contributed by atoms with E-state index in [2.05, 4.69) is 83.8 Å². The van der Waals surface area contributed by atoms with Gasteiger partial charge < -0.3 is 14.7 Å². The van der Waals surface area contributed by atoms with Crippen molar-refractivity contribution in [3.8, 4) is 0 Å². The van der Waals surface area contributed by atoms with Crippen LogP contribution in [0.15, 0.2) is 97.1 Å². The summed E-state index contributed by atoms with van der Waals surface area (Å²) in [4.78, 5) is 2.28. The molecule has 0 aliphatic heterocycles. The van der Waals surface area contributed by atoms with Gasteiger partial charge in [-0.25, -0.2) is 0 Å². The molecule has 0 saturated heterocycles. The zero-order valence-electron chi connectivity index (χ0n) is 20.5. The predicted octanol–water partition coefficient (Wildman–Crippen LogP) is 7.33. The van der Waals surface area contributed by atoms with Crippen molar-refractivity contribution in [2.75, 3.05) is 4.90 Å². The second kappa shape index (κ2) is 9.16. The van der Waals surface area contributed by atoms with Crippen molar-refractivity contribution in [1.29, 1.82) is 0 Å². The van der Waals surface area contributed by atoms with Crippen molar-refractivity contribution in [3.05, 3.63) is 97.1 Å². The van der Waals surface area contributed by atoms with Gasteiger partial charge in [0, 0.05) is 37.2 Å². The van der Waals surface area contributed by atoms with E-state index in [-0.39, 0.29) is 0 Å². The molecule has 1 radical (unpaired) electrons. The Hall–Kier alpha value is -3.12. The SMILES string of the molecule is CC(C)(O)C(C)(C)O[B]c1ccc(N(c2ccccc2)c2ccc3sc4ccccc4c3c2)cc1. The highest BCUT2D eigenvalue weighted by atomic mass is 32.1. The molecule has 1 N–H and O–H groups in total. The molecule has 0 amide bonds. The number of fused-ring (bicyclic) bond motifs is 3. The summed E-state index contributed by atoms with van der Waals surface area (Å²) >= 11 is 1.83. The fourth-order valence-corrected chi connectivity index (χ4v) is 5.03. The molecular weight excluding hydrogens is 449 g/mol. The number of hydrogen-bond donors (Lipinski definition) is 1. The highest BCUT2D eigenvalue weighted by Crippen LogP contribution is 2.40. The van der Waals surface area contributed by atoms with Crippen LogP contribution in [0.4, 0.5) is 17.1 Å². The van der Waals surface area contributed by atoms with Crippen LogP contribution in [0.3, 0.4) is 0 Å². The fourth-order valence-electron chi connectivity index (χ4n) is 3.94. The standard InChI is InChI=1S/C30H29BNO2S/c1-29(2,33)30(3,4)34-31-21-14-16-23(17-15-21)32(22-10-6-5-7-11-22)24-18-19-28-26(20-24)25-12-8-9-13-27(25)35-28/h5-20,33H,1-4H3. The fraction of sp³-hybridized carbons (Fsp3) is 0.200. The normalized spacial score (nSPS) is 12.3. The highest BCUT2D eigenvalue weighted by Gasteiger charge is 2.35. The smallest absolute Gasteiger partial charge is 0.330 e. The van der Waals surface area contributed by atoms with Crippen LogP contribution in [0.5, 0.6) is 0 Å². The van der Waals surface area contributed by atoms with Crippen LogP contribution in [0, 0.1) is 0 Å². The summed E-state index contributed by atoms with van der Waals surface area (Å²) in [6.07, 6.45) is 0. The topological polar surface area (TPSA) is 32.7 Å². The minimum Gasteiger partial charge on any atom is -0.427 e. The molecule has 0 spiro atoms. The van der Waals surface area contributed by atoms with Gasteiger partial charge in [0.2, 0.25) is 0 Å². The first-order chi connectivity index (χ1) is 16.7. The Labute approximate surface area is 211 Å². The summed E-state index contributed by atoms with van der Waals surface area (Å²) in [6.45, 7) is 7.29. The number of aliphatic hydroxyl groups is 1. The quantitative estimate of drug-likeness (QED) is 0.249. The maximum absolute atomic E-state index is 10.4. The zero-order chi connectivity index (χ0) is 24.6. The Morgan fingerprint density at radius 2 is 1.29 bits per heavy atom. The van der Waals surface area contributed by atoms with E-state index in [0.717, 1.165) is 22.5 Å². The maximum atomic E-state index is 10.4. The minimum atomic E-state index is -0.960. The number of hydrogen-bond acceptors (Lipinski definition) is 4. The van der Waals surface area contributed by atoms with Gasteiger partial charge in [0.05, 0.1) is 11.2 Å². The first kappa shape index (κ1) is 23.6. The molecule has 4 aromatic carbocycles. The lowest BCUT2D eigenvalue weighted by Gasteiger charge is -2.37. The molecule has 0 bridgehead atoms. The Balaban J connectivity index is 1.51. The number of nitrogens with zero attached hydrogens (tertiary/aromatic N) is 1. The first-order valence-corrected chi connectivity index (χ1v) is 12.6. The first-order valence-electron chi connectivity index (χ1n) is 11.8. The van der Waals surface area contributed by atoms with Crippen molar-refractivity contribution < 1.29 is 9.76 Å². The van der Waals surface area contributed by atoms with Crippen molar-refractivity contribution in [2.45, 2.75) is 38.9 Å². The third kappa shape index (κ3) is 4.72. The summed E-state index contributed by atoms with van der Waals surface area (Å²) in [5, 5.41) is 12.9. The van der Waals surface area contributed by atoms with E-state index in [1.165, 1.54) is 20.2 Å². The van der Waals surface area contributed by atoms with Gasteiger partial charge in [-0.3, -0.25) is 0 Å². The van der Waals surface area contributed by atoms with Crippen molar-refractivity contribution >= 4 is 61.5 Å². The molecule has 0 atom stereocenters. The third-order valence-electron chi connectivity index (χ3n) is 6.75. The Morgan fingerprint density at radius 3 is 2.00 bits per heavy atom. The highest BCUT2D eigenvalue weighted by molar-refractivity contribution is 7.25. The Kier molecular flexibility index (Phi) is 6.18. The molecular formula is C30H29BNO2S. The number of thiophene rings is 1. The minimum absolute atomic E-state index is 0.708. The van der Waals surface area contributed by atoms with Crippen LogP contribution in [-0.4, -0.2) is 23.8 Å². The maximum Gasteiger partial charge on any atom is 0.330 e. The number of para-hydroxylation sites is 1. The predicted molar refractivity (Wildman–Crippen MR) is 151 cm³/mol. The van der Waals surface area contributed by atoms with Crippen molar-refractivity contribution in [1.82, 2.24) is 0 Å². The van der Waals surface area contributed by atoms with Crippen LogP contribution >= 0.6 is 11.3 Å². The van der Waals surface area contributed by atoms with Crippen molar-refractivity contribution in [3.63, 3.8) is 0 Å². The monoisotopic (exact) mass is 478 g/mol. The molecule has 1 heterocycles. The summed E-state index contributed by atoms with van der Waals surface area (Å²) < 4.78 is 8.54. The van der Waals surface area contributed by atoms with E-state index < -0.39 is 11.2 Å². The van der Waals surface area contributed by atoms with Crippen molar-refractivity contribution in [2.24, 2.45) is 0 Å². The summed E-state index contributed by atoms with van der Waals surface area (Å²) in [5.74, 6) is 0. The van der Waals surface area contributed by atoms with E-state index in [9.17, 15) is 5.11 Å². The molecule has 5 aromatic rings. The number of rotatable bonds is 7. The summed E-state index contributed by atoms with van der Waals surface area (Å²) in [6, 6.07) is 34.0.